The standard InChI is InChI=1S/C18H20ClN5O4/c1-27-15-10-14(20)13(19)9-12(15)17(26)28-11-16(25)23-5-7-24(8-6-23)18-21-3-2-4-22-18/h2-4,9-10H,5-8,11,20H2,1H3. The highest BCUT2D eigenvalue weighted by molar-refractivity contribution is 6.33. The van der Waals surface area contributed by atoms with Gasteiger partial charge in [-0.2, -0.15) is 0 Å². The van der Waals surface area contributed by atoms with Gasteiger partial charge in [0.1, 0.15) is 11.3 Å². The summed E-state index contributed by atoms with van der Waals surface area (Å²) in [4.78, 5) is 36.7. The lowest BCUT2D eigenvalue weighted by Crippen LogP contribution is -2.50. The molecule has 0 bridgehead atoms. The van der Waals surface area contributed by atoms with E-state index < -0.39 is 5.97 Å². The van der Waals surface area contributed by atoms with Gasteiger partial charge in [0.2, 0.25) is 5.95 Å². The second kappa shape index (κ2) is 8.75. The number of ether oxygens (including phenoxy) is 2. The Balaban J connectivity index is 1.54. The van der Waals surface area contributed by atoms with Crippen LogP contribution in [0, 0.1) is 0 Å². The monoisotopic (exact) mass is 405 g/mol. The van der Waals surface area contributed by atoms with Crippen LogP contribution in [-0.2, 0) is 9.53 Å². The Kier molecular flexibility index (Phi) is 6.15. The summed E-state index contributed by atoms with van der Waals surface area (Å²) in [5.41, 5.74) is 6.10. The molecule has 10 heteroatoms. The summed E-state index contributed by atoms with van der Waals surface area (Å²) in [7, 11) is 1.40. The van der Waals surface area contributed by atoms with Crippen molar-refractivity contribution < 1.29 is 19.1 Å². The van der Waals surface area contributed by atoms with Crippen molar-refractivity contribution in [2.24, 2.45) is 0 Å². The quantitative estimate of drug-likeness (QED) is 0.584. The molecule has 3 rings (SSSR count). The van der Waals surface area contributed by atoms with Gasteiger partial charge < -0.3 is 25.0 Å². The number of anilines is 2. The van der Waals surface area contributed by atoms with Crippen LogP contribution in [0.4, 0.5) is 11.6 Å². The van der Waals surface area contributed by atoms with E-state index in [1.165, 1.54) is 19.2 Å². The highest BCUT2D eigenvalue weighted by Crippen LogP contribution is 2.29. The molecule has 0 atom stereocenters. The maximum Gasteiger partial charge on any atom is 0.342 e. The first kappa shape index (κ1) is 19.7. The third-order valence-electron chi connectivity index (χ3n) is 4.33. The van der Waals surface area contributed by atoms with Crippen molar-refractivity contribution in [2.45, 2.75) is 0 Å². The lowest BCUT2D eigenvalue weighted by atomic mass is 10.2. The predicted octanol–water partition coefficient (Wildman–Crippen LogP) is 1.23. The van der Waals surface area contributed by atoms with E-state index >= 15 is 0 Å². The molecule has 1 amide bonds. The van der Waals surface area contributed by atoms with Crippen LogP contribution in [0.25, 0.3) is 0 Å². The predicted molar refractivity (Wildman–Crippen MR) is 104 cm³/mol. The Morgan fingerprint density at radius 2 is 1.86 bits per heavy atom. The van der Waals surface area contributed by atoms with E-state index in [0.29, 0.717) is 32.1 Å². The van der Waals surface area contributed by atoms with Crippen molar-refractivity contribution in [2.75, 3.05) is 50.5 Å². The van der Waals surface area contributed by atoms with Crippen LogP contribution in [0.5, 0.6) is 5.75 Å². The Morgan fingerprint density at radius 1 is 1.18 bits per heavy atom. The number of hydrogen-bond acceptors (Lipinski definition) is 8. The van der Waals surface area contributed by atoms with Gasteiger partial charge in [0.15, 0.2) is 6.61 Å². The van der Waals surface area contributed by atoms with E-state index in [9.17, 15) is 9.59 Å². The normalized spacial score (nSPS) is 13.9. The summed E-state index contributed by atoms with van der Waals surface area (Å²) in [6.45, 7) is 1.82. The average molecular weight is 406 g/mol. The number of halogens is 1. The van der Waals surface area contributed by atoms with Crippen LogP contribution in [0.15, 0.2) is 30.6 Å². The lowest BCUT2D eigenvalue weighted by Gasteiger charge is -2.34. The first-order chi connectivity index (χ1) is 13.5. The molecule has 0 spiro atoms. The van der Waals surface area contributed by atoms with E-state index in [4.69, 9.17) is 26.8 Å². The van der Waals surface area contributed by atoms with E-state index in [0.717, 1.165) is 0 Å². The average Bonchev–Trinajstić information content (AvgIpc) is 2.74. The van der Waals surface area contributed by atoms with E-state index in [1.54, 1.807) is 23.4 Å². The van der Waals surface area contributed by atoms with Crippen LogP contribution >= 0.6 is 11.6 Å². The molecule has 2 N–H and O–H groups in total. The number of piperazine rings is 1. The first-order valence-corrected chi connectivity index (χ1v) is 8.97. The number of amides is 1. The lowest BCUT2D eigenvalue weighted by molar-refractivity contribution is -0.134. The number of rotatable bonds is 5. The van der Waals surface area contributed by atoms with Crippen molar-refractivity contribution in [1.29, 1.82) is 0 Å². The van der Waals surface area contributed by atoms with Gasteiger partial charge in [0.25, 0.3) is 5.91 Å². The van der Waals surface area contributed by atoms with Crippen LogP contribution in [0.1, 0.15) is 10.4 Å². The molecule has 148 valence electrons. The van der Waals surface area contributed by atoms with Crippen LogP contribution < -0.4 is 15.4 Å². The Hall–Kier alpha value is -3.07. The third-order valence-corrected chi connectivity index (χ3v) is 4.66. The summed E-state index contributed by atoms with van der Waals surface area (Å²) in [5, 5.41) is 0.207. The van der Waals surface area contributed by atoms with E-state index in [2.05, 4.69) is 9.97 Å². The summed E-state index contributed by atoms with van der Waals surface area (Å²) in [6.07, 6.45) is 3.36. The largest absolute Gasteiger partial charge is 0.496 e. The van der Waals surface area contributed by atoms with Crippen molar-refractivity contribution in [1.82, 2.24) is 14.9 Å². The minimum absolute atomic E-state index is 0.112. The highest BCUT2D eigenvalue weighted by Gasteiger charge is 2.24. The molecule has 0 radical (unpaired) electrons. The fourth-order valence-electron chi connectivity index (χ4n) is 2.80. The molecule has 1 fully saturated rings. The van der Waals surface area contributed by atoms with Crippen LogP contribution in [0.2, 0.25) is 5.02 Å². The molecule has 1 saturated heterocycles. The molecule has 2 heterocycles. The fourth-order valence-corrected chi connectivity index (χ4v) is 2.97. The van der Waals surface area contributed by atoms with Crippen molar-refractivity contribution in [3.63, 3.8) is 0 Å². The van der Waals surface area contributed by atoms with Gasteiger partial charge >= 0.3 is 5.97 Å². The molecule has 0 aliphatic carbocycles. The number of methoxy groups -OCH3 is 1. The van der Waals surface area contributed by atoms with Gasteiger partial charge in [-0.1, -0.05) is 11.6 Å². The maximum absolute atomic E-state index is 12.4. The van der Waals surface area contributed by atoms with Gasteiger partial charge in [0, 0.05) is 44.6 Å². The third kappa shape index (κ3) is 4.42. The van der Waals surface area contributed by atoms with Gasteiger partial charge in [-0.3, -0.25) is 4.79 Å². The molecule has 0 saturated carbocycles. The zero-order valence-corrected chi connectivity index (χ0v) is 16.1. The molecule has 1 aromatic heterocycles. The molecule has 1 aliphatic heterocycles. The molecular formula is C18H20ClN5O4. The minimum atomic E-state index is -0.705. The van der Waals surface area contributed by atoms with Gasteiger partial charge in [-0.25, -0.2) is 14.8 Å². The molecule has 1 aliphatic rings. The van der Waals surface area contributed by atoms with Crippen molar-refractivity contribution in [3.05, 3.63) is 41.2 Å². The Bertz CT molecular complexity index is 857. The fraction of sp³-hybridized carbons (Fsp3) is 0.333. The van der Waals surface area contributed by atoms with Crippen molar-refractivity contribution in [3.8, 4) is 5.75 Å². The topological polar surface area (TPSA) is 111 Å². The van der Waals surface area contributed by atoms with Gasteiger partial charge in [-0.05, 0) is 12.1 Å². The molecular weight excluding hydrogens is 386 g/mol. The minimum Gasteiger partial charge on any atom is -0.496 e. The summed E-state index contributed by atoms with van der Waals surface area (Å²) < 4.78 is 10.3. The highest BCUT2D eigenvalue weighted by atomic mass is 35.5. The summed E-state index contributed by atoms with van der Waals surface area (Å²) >= 11 is 5.96. The number of esters is 1. The Labute approximate surface area is 167 Å². The molecule has 0 unspecified atom stereocenters. The number of carbonyl (C=O) groups excluding carboxylic acids is 2. The van der Waals surface area contributed by atoms with Crippen LogP contribution in [0.3, 0.4) is 0 Å². The maximum atomic E-state index is 12.4. The zero-order chi connectivity index (χ0) is 20.1. The Morgan fingerprint density at radius 3 is 2.50 bits per heavy atom. The summed E-state index contributed by atoms with van der Waals surface area (Å²) in [5.74, 6) is -0.116. The second-order valence-electron chi connectivity index (χ2n) is 6.07. The number of nitrogen functional groups attached to an aromatic ring is 1. The zero-order valence-electron chi connectivity index (χ0n) is 15.3. The number of hydrogen-bond donors (Lipinski definition) is 1. The van der Waals surface area contributed by atoms with Gasteiger partial charge in [-0.15, -0.1) is 0 Å². The number of aromatic nitrogens is 2. The summed E-state index contributed by atoms with van der Waals surface area (Å²) in [6, 6.07) is 4.55. The second-order valence-corrected chi connectivity index (χ2v) is 6.47. The molecule has 2 aromatic rings. The van der Waals surface area contributed by atoms with Gasteiger partial charge in [0.05, 0.1) is 17.8 Å². The molecule has 1 aromatic carbocycles. The van der Waals surface area contributed by atoms with Crippen molar-refractivity contribution >= 4 is 35.1 Å². The van der Waals surface area contributed by atoms with E-state index in [-0.39, 0.29) is 34.5 Å². The number of benzene rings is 1. The molecule has 28 heavy (non-hydrogen) atoms. The van der Waals surface area contributed by atoms with E-state index in [1.807, 2.05) is 4.90 Å². The van der Waals surface area contributed by atoms with Crippen LogP contribution in [-0.4, -0.2) is 66.6 Å². The number of carbonyl (C=O) groups is 2. The SMILES string of the molecule is COc1cc(N)c(Cl)cc1C(=O)OCC(=O)N1CCN(c2ncccn2)CC1. The first-order valence-electron chi connectivity index (χ1n) is 8.59. The number of nitrogens with two attached hydrogens (primary N) is 1. The number of nitrogens with zero attached hydrogens (tertiary/aromatic N) is 4. The smallest absolute Gasteiger partial charge is 0.342 e. The molecule has 9 nitrogen and oxygen atoms in total.